The molecule has 0 aromatic heterocycles. The molecule has 0 spiro atoms. The van der Waals surface area contributed by atoms with E-state index in [0.29, 0.717) is 5.41 Å². The van der Waals surface area contributed by atoms with Crippen LogP contribution in [0.2, 0.25) is 0 Å². The van der Waals surface area contributed by atoms with Gasteiger partial charge in [0.25, 0.3) is 0 Å². The van der Waals surface area contributed by atoms with Gasteiger partial charge in [-0.3, -0.25) is 0 Å². The maximum absolute atomic E-state index is 4.11. The predicted octanol–water partition coefficient (Wildman–Crippen LogP) is 3.16. The maximum Gasteiger partial charge on any atom is -0.0108 e. The van der Waals surface area contributed by atoms with Gasteiger partial charge in [-0.25, -0.2) is 0 Å². The molecule has 0 aromatic carbocycles. The normalized spacial score (nSPS) is 40.2. The van der Waals surface area contributed by atoms with Gasteiger partial charge in [0.15, 0.2) is 0 Å². The zero-order chi connectivity index (χ0) is 8.22. The van der Waals surface area contributed by atoms with Crippen LogP contribution >= 0.6 is 0 Å². The molecule has 2 bridgehead atoms. The first-order valence-electron chi connectivity index (χ1n) is 4.43. The van der Waals surface area contributed by atoms with E-state index in [1.807, 2.05) is 0 Å². The molecule has 2 aliphatic rings. The molecule has 0 amide bonds. The molecule has 0 radical (unpaired) electrons. The average molecular weight is 148 g/mol. The minimum Gasteiger partial charge on any atom is -0.0953 e. The summed E-state index contributed by atoms with van der Waals surface area (Å²) >= 11 is 0. The van der Waals surface area contributed by atoms with Crippen molar-refractivity contribution < 1.29 is 0 Å². The van der Waals surface area contributed by atoms with E-state index < -0.39 is 0 Å². The van der Waals surface area contributed by atoms with Crippen LogP contribution in [0.5, 0.6) is 0 Å². The summed E-state index contributed by atoms with van der Waals surface area (Å²) in [6.45, 7) is 12.9. The van der Waals surface area contributed by atoms with Crippen molar-refractivity contribution in [3.05, 3.63) is 24.3 Å². The quantitative estimate of drug-likeness (QED) is 0.495. The number of hydrogen-bond donors (Lipinski definition) is 0. The molecular weight excluding hydrogens is 132 g/mol. The molecule has 11 heavy (non-hydrogen) atoms. The molecule has 2 atom stereocenters. The molecule has 2 saturated carbocycles. The van der Waals surface area contributed by atoms with Crippen LogP contribution in [0.1, 0.15) is 26.7 Å². The maximum atomic E-state index is 4.11. The minimum absolute atomic E-state index is 0.466. The van der Waals surface area contributed by atoms with Crippen LogP contribution in [-0.2, 0) is 0 Å². The van der Waals surface area contributed by atoms with E-state index in [-0.39, 0.29) is 0 Å². The van der Waals surface area contributed by atoms with Gasteiger partial charge < -0.3 is 0 Å². The van der Waals surface area contributed by atoms with Crippen LogP contribution in [0.4, 0.5) is 0 Å². The Hall–Kier alpha value is -0.520. The SMILES string of the molecule is C=C1C(=C)C2CCC1C2(C)C. The molecule has 0 nitrogen and oxygen atoms in total. The largest absolute Gasteiger partial charge is 0.0953 e. The van der Waals surface area contributed by atoms with Gasteiger partial charge in [0, 0.05) is 0 Å². The minimum atomic E-state index is 0.466. The molecule has 2 unspecified atom stereocenters. The van der Waals surface area contributed by atoms with E-state index in [4.69, 9.17) is 0 Å². The van der Waals surface area contributed by atoms with Crippen LogP contribution < -0.4 is 0 Å². The molecule has 60 valence electrons. The summed E-state index contributed by atoms with van der Waals surface area (Å²) in [5, 5.41) is 0. The molecule has 0 aliphatic heterocycles. The van der Waals surface area contributed by atoms with Gasteiger partial charge in [-0.1, -0.05) is 27.0 Å². The Morgan fingerprint density at radius 1 is 1.09 bits per heavy atom. The molecule has 0 aromatic rings. The summed E-state index contributed by atoms with van der Waals surface area (Å²) in [5.41, 5.74) is 3.14. The van der Waals surface area contributed by atoms with Gasteiger partial charge in [0.05, 0.1) is 0 Å². The fraction of sp³-hybridized carbons (Fsp3) is 0.636. The smallest absolute Gasteiger partial charge is 0.0108 e. The summed E-state index contributed by atoms with van der Waals surface area (Å²) in [6.07, 6.45) is 2.69. The highest BCUT2D eigenvalue weighted by atomic mass is 14.6. The topological polar surface area (TPSA) is 0 Å². The highest BCUT2D eigenvalue weighted by Crippen LogP contribution is 2.61. The Labute approximate surface area is 69.0 Å². The standard InChI is InChI=1S/C11H16/c1-7-8(2)10-6-5-9(7)11(10,3)4/h9-10H,1-2,5-6H2,3-4H3. The Kier molecular flexibility index (Phi) is 1.17. The third-order valence-corrected chi connectivity index (χ3v) is 3.79. The van der Waals surface area contributed by atoms with E-state index in [9.17, 15) is 0 Å². The molecular formula is C11H16. The van der Waals surface area contributed by atoms with Crippen molar-refractivity contribution in [3.63, 3.8) is 0 Å². The first kappa shape index (κ1) is 7.15. The lowest BCUT2D eigenvalue weighted by Crippen LogP contribution is -2.16. The number of rotatable bonds is 0. The van der Waals surface area contributed by atoms with Crippen molar-refractivity contribution in [2.75, 3.05) is 0 Å². The van der Waals surface area contributed by atoms with Crippen molar-refractivity contribution in [1.82, 2.24) is 0 Å². The van der Waals surface area contributed by atoms with Crippen LogP contribution in [0.25, 0.3) is 0 Å². The summed E-state index contributed by atoms with van der Waals surface area (Å²) in [7, 11) is 0. The monoisotopic (exact) mass is 148 g/mol. The van der Waals surface area contributed by atoms with Gasteiger partial charge in [0.1, 0.15) is 0 Å². The second kappa shape index (κ2) is 1.80. The molecule has 0 N–H and O–H groups in total. The zero-order valence-corrected chi connectivity index (χ0v) is 7.48. The van der Waals surface area contributed by atoms with E-state index in [1.165, 1.54) is 24.0 Å². The Bertz CT molecular complexity index is 208. The van der Waals surface area contributed by atoms with Crippen LogP contribution in [0, 0.1) is 17.3 Å². The van der Waals surface area contributed by atoms with Crippen molar-refractivity contribution in [2.45, 2.75) is 26.7 Å². The van der Waals surface area contributed by atoms with Crippen molar-refractivity contribution in [2.24, 2.45) is 17.3 Å². The van der Waals surface area contributed by atoms with E-state index >= 15 is 0 Å². The zero-order valence-electron chi connectivity index (χ0n) is 7.48. The van der Waals surface area contributed by atoms with Gasteiger partial charge in [-0.2, -0.15) is 0 Å². The van der Waals surface area contributed by atoms with Crippen molar-refractivity contribution in [3.8, 4) is 0 Å². The van der Waals surface area contributed by atoms with E-state index in [2.05, 4.69) is 27.0 Å². The molecule has 0 heteroatoms. The summed E-state index contributed by atoms with van der Waals surface area (Å²) < 4.78 is 0. The van der Waals surface area contributed by atoms with E-state index in [1.54, 1.807) is 0 Å². The third kappa shape index (κ3) is 0.654. The van der Waals surface area contributed by atoms with E-state index in [0.717, 1.165) is 11.8 Å². The summed E-state index contributed by atoms with van der Waals surface area (Å²) in [4.78, 5) is 0. The predicted molar refractivity (Wildman–Crippen MR) is 48.3 cm³/mol. The van der Waals surface area contributed by atoms with Crippen LogP contribution in [0.3, 0.4) is 0 Å². The lowest BCUT2D eigenvalue weighted by molar-refractivity contribution is 0.282. The number of hydrogen-bond acceptors (Lipinski definition) is 0. The summed E-state index contributed by atoms with van der Waals surface area (Å²) in [6, 6.07) is 0. The second-order valence-electron chi connectivity index (χ2n) is 4.55. The molecule has 2 rings (SSSR count). The highest BCUT2D eigenvalue weighted by molar-refractivity contribution is 5.42. The fourth-order valence-corrected chi connectivity index (χ4v) is 3.01. The van der Waals surface area contributed by atoms with Gasteiger partial charge in [-0.05, 0) is 41.2 Å². The fourth-order valence-electron chi connectivity index (χ4n) is 3.01. The average Bonchev–Trinajstić information content (AvgIpc) is 2.27. The lowest BCUT2D eigenvalue weighted by Gasteiger charge is -2.22. The van der Waals surface area contributed by atoms with Crippen LogP contribution in [-0.4, -0.2) is 0 Å². The highest BCUT2D eigenvalue weighted by Gasteiger charge is 2.51. The first-order valence-corrected chi connectivity index (χ1v) is 4.43. The van der Waals surface area contributed by atoms with Gasteiger partial charge in [0.2, 0.25) is 0 Å². The van der Waals surface area contributed by atoms with Crippen molar-refractivity contribution in [1.29, 1.82) is 0 Å². The molecule has 0 heterocycles. The Balaban J connectivity index is 2.46. The first-order chi connectivity index (χ1) is 5.05. The lowest BCUT2D eigenvalue weighted by atomic mass is 9.81. The molecule has 2 aliphatic carbocycles. The molecule has 0 saturated heterocycles. The number of allylic oxidation sites excluding steroid dienone is 2. The van der Waals surface area contributed by atoms with Gasteiger partial charge >= 0.3 is 0 Å². The molecule has 2 fully saturated rings. The van der Waals surface area contributed by atoms with Crippen molar-refractivity contribution >= 4 is 0 Å². The Morgan fingerprint density at radius 2 is 1.45 bits per heavy atom. The Morgan fingerprint density at radius 3 is 1.64 bits per heavy atom. The third-order valence-electron chi connectivity index (χ3n) is 3.79. The summed E-state index contributed by atoms with van der Waals surface area (Å²) in [5.74, 6) is 1.47. The van der Waals surface area contributed by atoms with Crippen LogP contribution in [0.15, 0.2) is 24.3 Å². The number of fused-ring (bicyclic) bond motifs is 2. The second-order valence-corrected chi connectivity index (χ2v) is 4.55. The van der Waals surface area contributed by atoms with Gasteiger partial charge in [-0.15, -0.1) is 0 Å².